The first-order valence-corrected chi connectivity index (χ1v) is 9.81. The van der Waals surface area contributed by atoms with Gasteiger partial charge in [-0.15, -0.1) is 0 Å². The highest BCUT2D eigenvalue weighted by molar-refractivity contribution is 6.32. The Morgan fingerprint density at radius 2 is 1.84 bits per heavy atom. The number of rotatable bonds is 3. The van der Waals surface area contributed by atoms with E-state index >= 15 is 0 Å². The zero-order chi connectivity index (χ0) is 23.5. The zero-order valence-electron chi connectivity index (χ0n) is 16.9. The number of Topliss-reactive ketones (excluding diaryl/α,β-unsaturated/α-hetero) is 3. The van der Waals surface area contributed by atoms with E-state index in [0.29, 0.717) is 10.9 Å². The van der Waals surface area contributed by atoms with E-state index in [-0.39, 0.29) is 34.5 Å². The molecule has 0 radical (unpaired) electrons. The lowest BCUT2D eigenvalue weighted by Crippen LogP contribution is -2.64. The molecule has 3 atom stereocenters. The van der Waals surface area contributed by atoms with E-state index in [0.717, 1.165) is 0 Å². The number of hydrogen-bond donors (Lipinski definition) is 4. The van der Waals surface area contributed by atoms with Crippen LogP contribution in [0.25, 0.3) is 16.8 Å². The number of aliphatic hydroxyl groups is 1. The van der Waals surface area contributed by atoms with E-state index in [1.54, 1.807) is 0 Å². The van der Waals surface area contributed by atoms with Gasteiger partial charge in [-0.25, -0.2) is 0 Å². The van der Waals surface area contributed by atoms with Crippen LogP contribution in [0, 0.1) is 11.8 Å². The van der Waals surface area contributed by atoms with Crippen molar-refractivity contribution in [2.24, 2.45) is 17.6 Å². The second kappa shape index (κ2) is 7.10. The number of phenolic OH excluding ortho intramolecular Hbond substituents is 2. The van der Waals surface area contributed by atoms with Crippen LogP contribution in [0.1, 0.15) is 34.8 Å². The summed E-state index contributed by atoms with van der Waals surface area (Å²) in [5.74, 6) is -8.80. The fourth-order valence-electron chi connectivity index (χ4n) is 4.66. The Bertz CT molecular complexity index is 1290. The normalized spacial score (nSPS) is 25.1. The number of carbonyl (C=O) groups excluding carboxylic acids is 5. The molecule has 4 rings (SSSR count). The topological polar surface area (TPSA) is 172 Å². The van der Waals surface area contributed by atoms with Gasteiger partial charge in [-0.2, -0.15) is 0 Å². The van der Waals surface area contributed by atoms with Crippen LogP contribution in [0.5, 0.6) is 11.5 Å². The van der Waals surface area contributed by atoms with E-state index in [9.17, 15) is 39.3 Å². The number of phenols is 2. The van der Waals surface area contributed by atoms with Crippen LogP contribution in [-0.2, 0) is 25.6 Å². The number of carbonyl (C=O) groups is 5. The molecule has 0 heterocycles. The van der Waals surface area contributed by atoms with Crippen LogP contribution < -0.4 is 5.73 Å². The highest BCUT2D eigenvalue weighted by Crippen LogP contribution is 2.48. The molecule has 1 amide bonds. The minimum Gasteiger partial charge on any atom is -0.507 e. The Labute approximate surface area is 181 Å². The molecule has 9 heteroatoms. The number of fused-ring (bicyclic) bond motifs is 3. The van der Waals surface area contributed by atoms with E-state index < -0.39 is 52.9 Å². The largest absolute Gasteiger partial charge is 0.507 e. The van der Waals surface area contributed by atoms with Crippen LogP contribution in [-0.4, -0.2) is 50.0 Å². The molecule has 1 unspecified atom stereocenters. The minimum absolute atomic E-state index is 0.101. The third kappa shape index (κ3) is 2.85. The van der Waals surface area contributed by atoms with Gasteiger partial charge in [-0.3, -0.25) is 24.0 Å². The number of benzene rings is 2. The molecule has 0 aromatic heterocycles. The summed E-state index contributed by atoms with van der Waals surface area (Å²) in [5.41, 5.74) is 2.81. The van der Waals surface area contributed by atoms with Crippen LogP contribution in [0.15, 0.2) is 24.3 Å². The Kier molecular flexibility index (Phi) is 4.74. The summed E-state index contributed by atoms with van der Waals surface area (Å²) in [6.45, 7) is 1.36. The predicted octanol–water partition coefficient (Wildman–Crippen LogP) is 0.583. The number of primary amides is 1. The van der Waals surface area contributed by atoms with Gasteiger partial charge in [0, 0.05) is 12.3 Å². The van der Waals surface area contributed by atoms with E-state index in [1.807, 2.05) is 0 Å². The van der Waals surface area contributed by atoms with E-state index in [2.05, 4.69) is 0 Å². The molecule has 1 saturated carbocycles. The molecule has 32 heavy (non-hydrogen) atoms. The SMILES string of the molecule is CC(=O)C=Cc1ccc(O)c2c(O)c3c(cc12)C[C@H]1CC(=O)C(C(N)=O)C(=O)[C@@]1(O)C3=O. The number of allylic oxidation sites excluding steroid dienone is 1. The molecule has 0 aliphatic heterocycles. The minimum atomic E-state index is -2.70. The summed E-state index contributed by atoms with van der Waals surface area (Å²) >= 11 is 0. The summed E-state index contributed by atoms with van der Waals surface area (Å²) in [6.07, 6.45) is 2.25. The van der Waals surface area contributed by atoms with Gasteiger partial charge in [-0.1, -0.05) is 12.1 Å². The molecule has 0 bridgehead atoms. The Balaban J connectivity index is 1.97. The zero-order valence-corrected chi connectivity index (χ0v) is 16.9. The summed E-state index contributed by atoms with van der Waals surface area (Å²) in [7, 11) is 0. The number of ketones is 4. The predicted molar refractivity (Wildman–Crippen MR) is 111 cm³/mol. The standard InChI is InChI=1S/C23H19NO8/c1-9(25)2-3-10-4-5-14(26)17-13(10)7-11-6-12-8-15(27)18(22(24)31)21(30)23(12,32)20(29)16(11)19(17)28/h2-5,7,12,18,26,28,32H,6,8H2,1H3,(H2,24,31)/t12-,18?,23-/m0/s1. The van der Waals surface area contributed by atoms with Gasteiger partial charge in [0.25, 0.3) is 0 Å². The highest BCUT2D eigenvalue weighted by atomic mass is 16.3. The first-order chi connectivity index (χ1) is 15.0. The van der Waals surface area contributed by atoms with Crippen molar-refractivity contribution < 1.29 is 39.3 Å². The summed E-state index contributed by atoms with van der Waals surface area (Å²) in [6, 6.07) is 4.30. The van der Waals surface area contributed by atoms with Crippen molar-refractivity contribution >= 4 is 45.9 Å². The molecule has 0 saturated heterocycles. The van der Waals surface area contributed by atoms with Crippen molar-refractivity contribution in [3.05, 3.63) is 41.0 Å². The van der Waals surface area contributed by atoms with Crippen molar-refractivity contribution in [1.29, 1.82) is 0 Å². The van der Waals surface area contributed by atoms with Gasteiger partial charge in [0.1, 0.15) is 11.5 Å². The lowest BCUT2D eigenvalue weighted by Gasteiger charge is -2.42. The molecule has 2 aromatic carbocycles. The summed E-state index contributed by atoms with van der Waals surface area (Å²) < 4.78 is 0. The number of nitrogens with two attached hydrogens (primary N) is 1. The average Bonchev–Trinajstić information content (AvgIpc) is 2.69. The lowest BCUT2D eigenvalue weighted by atomic mass is 9.60. The van der Waals surface area contributed by atoms with Gasteiger partial charge in [0.2, 0.25) is 11.7 Å². The molecule has 0 spiro atoms. The van der Waals surface area contributed by atoms with E-state index in [4.69, 9.17) is 5.73 Å². The van der Waals surface area contributed by atoms with Gasteiger partial charge in [-0.05, 0) is 48.1 Å². The fourth-order valence-corrected chi connectivity index (χ4v) is 4.66. The number of amides is 1. The maximum absolute atomic E-state index is 13.3. The Morgan fingerprint density at radius 1 is 1.16 bits per heavy atom. The van der Waals surface area contributed by atoms with Crippen molar-refractivity contribution in [3.8, 4) is 11.5 Å². The van der Waals surface area contributed by atoms with Gasteiger partial charge < -0.3 is 21.1 Å². The third-order valence-electron chi connectivity index (χ3n) is 6.19. The highest BCUT2D eigenvalue weighted by Gasteiger charge is 2.62. The second-order valence-corrected chi connectivity index (χ2v) is 8.17. The molecule has 2 aliphatic rings. The lowest BCUT2D eigenvalue weighted by molar-refractivity contribution is -0.157. The first-order valence-electron chi connectivity index (χ1n) is 9.81. The molecular formula is C23H19NO8. The smallest absolute Gasteiger partial charge is 0.235 e. The second-order valence-electron chi connectivity index (χ2n) is 8.17. The molecule has 2 aliphatic carbocycles. The molecule has 1 fully saturated rings. The third-order valence-corrected chi connectivity index (χ3v) is 6.19. The van der Waals surface area contributed by atoms with Crippen molar-refractivity contribution in [2.45, 2.75) is 25.4 Å². The van der Waals surface area contributed by atoms with Crippen molar-refractivity contribution in [3.63, 3.8) is 0 Å². The van der Waals surface area contributed by atoms with Crippen LogP contribution >= 0.6 is 0 Å². The van der Waals surface area contributed by atoms with Crippen LogP contribution in [0.4, 0.5) is 0 Å². The van der Waals surface area contributed by atoms with E-state index in [1.165, 1.54) is 37.3 Å². The molecule has 2 aromatic rings. The van der Waals surface area contributed by atoms with Crippen molar-refractivity contribution in [2.75, 3.05) is 0 Å². The number of hydrogen-bond acceptors (Lipinski definition) is 8. The van der Waals surface area contributed by atoms with Crippen LogP contribution in [0.2, 0.25) is 0 Å². The summed E-state index contributed by atoms with van der Waals surface area (Å²) in [4.78, 5) is 61.4. The van der Waals surface area contributed by atoms with Gasteiger partial charge >= 0.3 is 0 Å². The Morgan fingerprint density at radius 3 is 2.47 bits per heavy atom. The van der Waals surface area contributed by atoms with Gasteiger partial charge in [0.15, 0.2) is 28.9 Å². The fraction of sp³-hybridized carbons (Fsp3) is 0.261. The average molecular weight is 437 g/mol. The maximum atomic E-state index is 13.3. The molecular weight excluding hydrogens is 418 g/mol. The quantitative estimate of drug-likeness (QED) is 0.399. The molecule has 5 N–H and O–H groups in total. The first kappa shape index (κ1) is 21.4. The summed E-state index contributed by atoms with van der Waals surface area (Å²) in [5, 5.41) is 32.6. The van der Waals surface area contributed by atoms with Crippen molar-refractivity contribution in [1.82, 2.24) is 0 Å². The monoisotopic (exact) mass is 437 g/mol. The molecule has 9 nitrogen and oxygen atoms in total. The number of aromatic hydroxyl groups is 2. The van der Waals surface area contributed by atoms with Gasteiger partial charge in [0.05, 0.1) is 10.9 Å². The van der Waals surface area contributed by atoms with Crippen LogP contribution in [0.3, 0.4) is 0 Å². The maximum Gasteiger partial charge on any atom is 0.235 e. The Hall–Kier alpha value is -3.85. The molecule has 164 valence electrons.